The van der Waals surface area contributed by atoms with Crippen molar-refractivity contribution in [3.05, 3.63) is 18.2 Å². The second-order valence-electron chi connectivity index (χ2n) is 4.40. The molecule has 2 N–H and O–H groups in total. The molecule has 0 saturated carbocycles. The first-order valence-electron chi connectivity index (χ1n) is 6.38. The van der Waals surface area contributed by atoms with Crippen LogP contribution in [0, 0.1) is 0 Å². The van der Waals surface area contributed by atoms with Gasteiger partial charge in [-0.25, -0.2) is 0 Å². The van der Waals surface area contributed by atoms with Gasteiger partial charge in [0.25, 0.3) is 0 Å². The number of hydrogen-bond acceptors (Lipinski definition) is 4. The smallest absolute Gasteiger partial charge is 0.144 e. The summed E-state index contributed by atoms with van der Waals surface area (Å²) in [6.07, 6.45) is 0. The highest BCUT2D eigenvalue weighted by atomic mass is 16.5. The SMILES string of the molecule is CCOc1cccc(N(CCOC)C(C)C)c1N. The van der Waals surface area contributed by atoms with Gasteiger partial charge in [0, 0.05) is 19.7 Å². The van der Waals surface area contributed by atoms with E-state index < -0.39 is 0 Å². The average Bonchev–Trinajstić information content (AvgIpc) is 2.34. The quantitative estimate of drug-likeness (QED) is 0.758. The molecule has 0 unspecified atom stereocenters. The lowest BCUT2D eigenvalue weighted by Gasteiger charge is -2.30. The summed E-state index contributed by atoms with van der Waals surface area (Å²) in [5.41, 5.74) is 7.88. The number of ether oxygens (including phenoxy) is 2. The lowest BCUT2D eigenvalue weighted by Crippen LogP contribution is -2.34. The van der Waals surface area contributed by atoms with Gasteiger partial charge in [0.15, 0.2) is 0 Å². The van der Waals surface area contributed by atoms with Crippen LogP contribution in [0.1, 0.15) is 20.8 Å². The van der Waals surface area contributed by atoms with Crippen molar-refractivity contribution in [1.82, 2.24) is 0 Å². The zero-order chi connectivity index (χ0) is 13.5. The van der Waals surface area contributed by atoms with Gasteiger partial charge in [-0.2, -0.15) is 0 Å². The Balaban J connectivity index is 3.00. The van der Waals surface area contributed by atoms with Crippen LogP contribution in [0.5, 0.6) is 5.75 Å². The third kappa shape index (κ3) is 3.53. The summed E-state index contributed by atoms with van der Waals surface area (Å²) < 4.78 is 10.7. The van der Waals surface area contributed by atoms with Crippen LogP contribution < -0.4 is 15.4 Å². The molecule has 0 fully saturated rings. The molecule has 0 spiro atoms. The Morgan fingerprint density at radius 3 is 2.61 bits per heavy atom. The first-order chi connectivity index (χ1) is 8.61. The Labute approximate surface area is 110 Å². The lowest BCUT2D eigenvalue weighted by molar-refractivity contribution is 0.204. The van der Waals surface area contributed by atoms with Crippen molar-refractivity contribution in [3.8, 4) is 5.75 Å². The van der Waals surface area contributed by atoms with Gasteiger partial charge < -0.3 is 20.1 Å². The maximum atomic E-state index is 6.17. The van der Waals surface area contributed by atoms with E-state index in [9.17, 15) is 0 Å². The molecule has 0 atom stereocenters. The molecule has 1 aromatic carbocycles. The van der Waals surface area contributed by atoms with Crippen LogP contribution in [0.4, 0.5) is 11.4 Å². The topological polar surface area (TPSA) is 47.7 Å². The summed E-state index contributed by atoms with van der Waals surface area (Å²) in [5, 5.41) is 0. The second-order valence-corrected chi connectivity index (χ2v) is 4.40. The second kappa shape index (κ2) is 7.11. The average molecular weight is 252 g/mol. The van der Waals surface area contributed by atoms with Crippen LogP contribution in [0.25, 0.3) is 0 Å². The molecule has 0 amide bonds. The largest absolute Gasteiger partial charge is 0.492 e. The fraction of sp³-hybridized carbons (Fsp3) is 0.571. The van der Waals surface area contributed by atoms with Crippen LogP contribution >= 0.6 is 0 Å². The van der Waals surface area contributed by atoms with Crippen LogP contribution in [0.2, 0.25) is 0 Å². The molecule has 4 nitrogen and oxygen atoms in total. The van der Waals surface area contributed by atoms with Crippen molar-refractivity contribution in [2.45, 2.75) is 26.8 Å². The molecular weight excluding hydrogens is 228 g/mol. The minimum Gasteiger partial charge on any atom is -0.492 e. The highest BCUT2D eigenvalue weighted by Crippen LogP contribution is 2.33. The van der Waals surface area contributed by atoms with Gasteiger partial charge in [-0.05, 0) is 32.9 Å². The predicted octanol–water partition coefficient (Wildman–Crippen LogP) is 2.53. The van der Waals surface area contributed by atoms with Crippen molar-refractivity contribution in [1.29, 1.82) is 0 Å². The van der Waals surface area contributed by atoms with Crippen molar-refractivity contribution in [2.24, 2.45) is 0 Å². The Bertz CT molecular complexity index is 367. The fourth-order valence-electron chi connectivity index (χ4n) is 1.91. The van der Waals surface area contributed by atoms with E-state index in [4.69, 9.17) is 15.2 Å². The first-order valence-corrected chi connectivity index (χ1v) is 6.38. The van der Waals surface area contributed by atoms with E-state index in [1.54, 1.807) is 7.11 Å². The van der Waals surface area contributed by atoms with Crippen molar-refractivity contribution in [3.63, 3.8) is 0 Å². The van der Waals surface area contributed by atoms with Crippen LogP contribution in [-0.2, 0) is 4.74 Å². The van der Waals surface area contributed by atoms with Gasteiger partial charge in [-0.3, -0.25) is 0 Å². The standard InChI is InChI=1S/C14H24N2O2/c1-5-18-13-8-6-7-12(14(13)15)16(11(2)3)9-10-17-4/h6-8,11H,5,9-10,15H2,1-4H3. The molecule has 4 heteroatoms. The van der Waals surface area contributed by atoms with Gasteiger partial charge in [-0.15, -0.1) is 0 Å². The number of rotatable bonds is 7. The number of para-hydroxylation sites is 1. The third-order valence-electron chi connectivity index (χ3n) is 2.81. The highest BCUT2D eigenvalue weighted by molar-refractivity contribution is 5.74. The molecule has 1 aromatic rings. The van der Waals surface area contributed by atoms with Crippen LogP contribution in [0.3, 0.4) is 0 Å². The number of anilines is 2. The van der Waals surface area contributed by atoms with E-state index in [0.29, 0.717) is 24.9 Å². The Kier molecular flexibility index (Phi) is 5.78. The zero-order valence-electron chi connectivity index (χ0n) is 11.8. The van der Waals surface area contributed by atoms with Crippen LogP contribution in [0.15, 0.2) is 18.2 Å². The van der Waals surface area contributed by atoms with Crippen molar-refractivity contribution in [2.75, 3.05) is 37.5 Å². The molecule has 1 rings (SSSR count). The summed E-state index contributed by atoms with van der Waals surface area (Å²) in [6.45, 7) is 8.35. The summed E-state index contributed by atoms with van der Waals surface area (Å²) in [7, 11) is 1.71. The Morgan fingerprint density at radius 1 is 1.33 bits per heavy atom. The number of hydrogen-bond donors (Lipinski definition) is 1. The fourth-order valence-corrected chi connectivity index (χ4v) is 1.91. The summed E-state index contributed by atoms with van der Waals surface area (Å²) >= 11 is 0. The van der Waals surface area contributed by atoms with Crippen LogP contribution in [-0.4, -0.2) is 32.9 Å². The van der Waals surface area contributed by atoms with Crippen molar-refractivity contribution < 1.29 is 9.47 Å². The monoisotopic (exact) mass is 252 g/mol. The van der Waals surface area contributed by atoms with Gasteiger partial charge in [0.2, 0.25) is 0 Å². The number of methoxy groups -OCH3 is 1. The van der Waals surface area contributed by atoms with Crippen molar-refractivity contribution >= 4 is 11.4 Å². The highest BCUT2D eigenvalue weighted by Gasteiger charge is 2.15. The van der Waals surface area contributed by atoms with E-state index in [0.717, 1.165) is 18.0 Å². The summed E-state index contributed by atoms with van der Waals surface area (Å²) in [4.78, 5) is 2.22. The minimum atomic E-state index is 0.360. The molecule has 0 aliphatic rings. The van der Waals surface area contributed by atoms with Gasteiger partial charge in [-0.1, -0.05) is 6.07 Å². The van der Waals surface area contributed by atoms with E-state index in [-0.39, 0.29) is 0 Å². The Hall–Kier alpha value is -1.42. The molecule has 0 aliphatic carbocycles. The maximum Gasteiger partial charge on any atom is 0.144 e. The molecule has 0 heterocycles. The van der Waals surface area contributed by atoms with Gasteiger partial charge in [0.1, 0.15) is 5.75 Å². The summed E-state index contributed by atoms with van der Waals surface area (Å²) in [5.74, 6) is 0.748. The minimum absolute atomic E-state index is 0.360. The normalized spacial score (nSPS) is 10.7. The molecule has 0 aromatic heterocycles. The number of nitrogens with two attached hydrogens (primary N) is 1. The number of nitrogens with zero attached hydrogens (tertiary/aromatic N) is 1. The molecule has 0 radical (unpaired) electrons. The number of nitrogen functional groups attached to an aromatic ring is 1. The zero-order valence-corrected chi connectivity index (χ0v) is 11.8. The first kappa shape index (κ1) is 14.6. The molecule has 0 bridgehead atoms. The van der Waals surface area contributed by atoms with Gasteiger partial charge in [0.05, 0.1) is 24.6 Å². The Morgan fingerprint density at radius 2 is 2.06 bits per heavy atom. The number of benzene rings is 1. The lowest BCUT2D eigenvalue weighted by atomic mass is 10.2. The molecule has 102 valence electrons. The predicted molar refractivity (Wildman–Crippen MR) is 76.4 cm³/mol. The van der Waals surface area contributed by atoms with Gasteiger partial charge >= 0.3 is 0 Å². The maximum absolute atomic E-state index is 6.17. The van der Waals surface area contributed by atoms with E-state index >= 15 is 0 Å². The van der Waals surface area contributed by atoms with E-state index in [2.05, 4.69) is 18.7 Å². The molecule has 18 heavy (non-hydrogen) atoms. The summed E-state index contributed by atoms with van der Waals surface area (Å²) in [6, 6.07) is 6.25. The van der Waals surface area contributed by atoms with E-state index in [1.807, 2.05) is 25.1 Å². The molecule has 0 aliphatic heterocycles. The molecule has 0 saturated heterocycles. The van der Waals surface area contributed by atoms with E-state index in [1.165, 1.54) is 0 Å². The third-order valence-corrected chi connectivity index (χ3v) is 2.81. The molecular formula is C14H24N2O2.